The van der Waals surface area contributed by atoms with Gasteiger partial charge < -0.3 is 18.8 Å². The van der Waals surface area contributed by atoms with Crippen molar-refractivity contribution in [2.75, 3.05) is 6.61 Å². The van der Waals surface area contributed by atoms with E-state index in [4.69, 9.17) is 18.8 Å². The summed E-state index contributed by atoms with van der Waals surface area (Å²) in [5, 5.41) is 0. The van der Waals surface area contributed by atoms with Crippen molar-refractivity contribution in [2.45, 2.75) is 117 Å². The molecular weight excluding hydrogens is 411 g/mol. The maximum absolute atomic E-state index is 12.7. The van der Waals surface area contributed by atoms with E-state index in [9.17, 15) is 4.79 Å². The number of hydrogen-bond acceptors (Lipinski definition) is 6. The largest absolute Gasteiger partial charge is 0.488 e. The molecule has 0 radical (unpaired) electrons. The Kier molecular flexibility index (Phi) is 10.7. The zero-order valence-corrected chi connectivity index (χ0v) is 22.1. The lowest BCUT2D eigenvalue weighted by Gasteiger charge is -2.32. The van der Waals surface area contributed by atoms with Crippen LogP contribution in [0.5, 0.6) is 0 Å². The van der Waals surface area contributed by atoms with Crippen LogP contribution in [-0.2, 0) is 23.6 Å². The monoisotopic (exact) mass is 456 g/mol. The summed E-state index contributed by atoms with van der Waals surface area (Å²) < 4.78 is 23.9. The molecule has 31 heavy (non-hydrogen) atoms. The second kappa shape index (κ2) is 11.6. The summed E-state index contributed by atoms with van der Waals surface area (Å²) >= 11 is 4.28. The van der Waals surface area contributed by atoms with Crippen LogP contribution < -0.4 is 0 Å². The van der Waals surface area contributed by atoms with Crippen LogP contribution in [0.4, 0.5) is 0 Å². The van der Waals surface area contributed by atoms with Gasteiger partial charge in [0.2, 0.25) is 0 Å². The van der Waals surface area contributed by atoms with Crippen molar-refractivity contribution < 1.29 is 23.6 Å². The standard InChI is InChI=1S/C24H45BO5S/c1-17(31)13-11-12-14-20(18(2)21(26)28-22(4,5)6)15-16-27-19(3)25-29-23(7,8)24(9,10)30-25/h18-20,31H,1,11-16H2,2-10H3. The number of allylic oxidation sites excluding steroid dienone is 1. The fraction of sp³-hybridized carbons (Fsp3) is 0.875. The summed E-state index contributed by atoms with van der Waals surface area (Å²) in [6.45, 7) is 22.2. The van der Waals surface area contributed by atoms with Crippen LogP contribution in [-0.4, -0.2) is 42.5 Å². The lowest BCUT2D eigenvalue weighted by atomic mass is 9.82. The molecule has 1 rings (SSSR count). The molecular formula is C24H45BO5S. The Morgan fingerprint density at radius 3 is 2.10 bits per heavy atom. The summed E-state index contributed by atoms with van der Waals surface area (Å²) in [4.78, 5) is 13.6. The Bertz CT molecular complexity index is 583. The Hall–Kier alpha value is -0.495. The van der Waals surface area contributed by atoms with E-state index >= 15 is 0 Å². The first-order chi connectivity index (χ1) is 14.1. The average molecular weight is 456 g/mol. The zero-order valence-electron chi connectivity index (χ0n) is 21.2. The van der Waals surface area contributed by atoms with Gasteiger partial charge in [0.1, 0.15) is 5.60 Å². The number of esters is 1. The molecule has 0 amide bonds. The van der Waals surface area contributed by atoms with Crippen molar-refractivity contribution in [3.63, 3.8) is 0 Å². The van der Waals surface area contributed by atoms with E-state index < -0.39 is 12.7 Å². The minimum Gasteiger partial charge on any atom is -0.460 e. The molecule has 0 aromatic rings. The first-order valence-electron chi connectivity index (χ1n) is 11.6. The Balaban J connectivity index is 2.63. The van der Waals surface area contributed by atoms with Gasteiger partial charge in [-0.1, -0.05) is 19.9 Å². The summed E-state index contributed by atoms with van der Waals surface area (Å²) in [6, 6.07) is -0.189. The summed E-state index contributed by atoms with van der Waals surface area (Å²) in [5.41, 5.74) is -1.23. The zero-order chi connectivity index (χ0) is 24.0. The van der Waals surface area contributed by atoms with Crippen LogP contribution in [0.15, 0.2) is 11.5 Å². The Labute approximate surface area is 196 Å². The summed E-state index contributed by atoms with van der Waals surface area (Å²) in [6.07, 6.45) is 4.66. The molecule has 1 saturated heterocycles. The molecule has 7 heteroatoms. The van der Waals surface area contributed by atoms with Gasteiger partial charge in [-0.25, -0.2) is 0 Å². The number of carbonyl (C=O) groups is 1. The topological polar surface area (TPSA) is 54.0 Å². The fourth-order valence-corrected chi connectivity index (χ4v) is 3.69. The van der Waals surface area contributed by atoms with Gasteiger partial charge in [-0.05, 0) is 91.9 Å². The molecule has 0 saturated carbocycles. The van der Waals surface area contributed by atoms with E-state index in [-0.39, 0.29) is 35.0 Å². The van der Waals surface area contributed by atoms with Gasteiger partial charge in [0, 0.05) is 6.61 Å². The SMILES string of the molecule is C=C(S)CCCCC(CCOC(C)B1OC(C)(C)C(C)(C)O1)C(C)C(=O)OC(C)(C)C. The van der Waals surface area contributed by atoms with E-state index in [1.807, 2.05) is 62.3 Å². The van der Waals surface area contributed by atoms with Gasteiger partial charge in [0.05, 0.1) is 23.1 Å². The van der Waals surface area contributed by atoms with E-state index in [0.717, 1.165) is 37.0 Å². The number of ether oxygens (including phenoxy) is 2. The first kappa shape index (κ1) is 28.5. The highest BCUT2D eigenvalue weighted by molar-refractivity contribution is 7.84. The van der Waals surface area contributed by atoms with E-state index in [1.165, 1.54) is 0 Å². The third kappa shape index (κ3) is 9.49. The highest BCUT2D eigenvalue weighted by Crippen LogP contribution is 2.38. The Morgan fingerprint density at radius 1 is 1.06 bits per heavy atom. The van der Waals surface area contributed by atoms with Crippen LogP contribution in [0.25, 0.3) is 0 Å². The molecule has 1 heterocycles. The minimum atomic E-state index is -0.485. The Morgan fingerprint density at radius 2 is 1.61 bits per heavy atom. The van der Waals surface area contributed by atoms with Gasteiger partial charge in [-0.3, -0.25) is 4.79 Å². The predicted molar refractivity (Wildman–Crippen MR) is 131 cm³/mol. The van der Waals surface area contributed by atoms with E-state index in [2.05, 4.69) is 19.2 Å². The summed E-state index contributed by atoms with van der Waals surface area (Å²) in [5.74, 6) is -0.141. The molecule has 1 aliphatic rings. The second-order valence-corrected chi connectivity index (χ2v) is 11.5. The molecule has 0 N–H and O–H groups in total. The molecule has 3 atom stereocenters. The molecule has 5 nitrogen and oxygen atoms in total. The number of unbranched alkanes of at least 4 members (excludes halogenated alkanes) is 1. The van der Waals surface area contributed by atoms with Crippen LogP contribution in [0.2, 0.25) is 0 Å². The number of rotatable bonds is 12. The molecule has 0 spiro atoms. The van der Waals surface area contributed by atoms with Crippen LogP contribution in [0, 0.1) is 11.8 Å². The number of carbonyl (C=O) groups excluding carboxylic acids is 1. The van der Waals surface area contributed by atoms with Gasteiger partial charge in [0.25, 0.3) is 0 Å². The van der Waals surface area contributed by atoms with Crippen molar-refractivity contribution in [3.8, 4) is 0 Å². The van der Waals surface area contributed by atoms with E-state index in [0.29, 0.717) is 6.61 Å². The van der Waals surface area contributed by atoms with Gasteiger partial charge in [-0.2, -0.15) is 0 Å². The van der Waals surface area contributed by atoms with Crippen LogP contribution in [0.3, 0.4) is 0 Å². The van der Waals surface area contributed by atoms with Crippen molar-refractivity contribution in [1.29, 1.82) is 0 Å². The minimum absolute atomic E-state index is 0.143. The van der Waals surface area contributed by atoms with Crippen molar-refractivity contribution in [2.24, 2.45) is 11.8 Å². The maximum atomic E-state index is 12.7. The second-order valence-electron chi connectivity index (χ2n) is 10.9. The van der Waals surface area contributed by atoms with E-state index in [1.54, 1.807) is 0 Å². The van der Waals surface area contributed by atoms with Crippen LogP contribution >= 0.6 is 12.6 Å². The number of thiol groups is 1. The lowest BCUT2D eigenvalue weighted by Crippen LogP contribution is -2.41. The van der Waals surface area contributed by atoms with Crippen molar-refractivity contribution in [1.82, 2.24) is 0 Å². The predicted octanol–water partition coefficient (Wildman–Crippen LogP) is 6.01. The smallest absolute Gasteiger partial charge is 0.460 e. The molecule has 3 unspecified atom stereocenters. The molecule has 0 bridgehead atoms. The third-order valence-corrected chi connectivity index (χ3v) is 6.52. The normalized spacial score (nSPS) is 20.9. The molecule has 1 fully saturated rings. The first-order valence-corrected chi connectivity index (χ1v) is 12.1. The third-order valence-electron chi connectivity index (χ3n) is 6.30. The quantitative estimate of drug-likeness (QED) is 0.169. The van der Waals surface area contributed by atoms with Gasteiger partial charge in [0.15, 0.2) is 0 Å². The highest BCUT2D eigenvalue weighted by atomic mass is 32.1. The van der Waals surface area contributed by atoms with Gasteiger partial charge >= 0.3 is 13.1 Å². The number of hydrogen-bond donors (Lipinski definition) is 1. The average Bonchev–Trinajstić information content (AvgIpc) is 2.82. The lowest BCUT2D eigenvalue weighted by molar-refractivity contribution is -0.161. The molecule has 180 valence electrons. The van der Waals surface area contributed by atoms with Gasteiger partial charge in [-0.15, -0.1) is 12.6 Å². The molecule has 0 aliphatic carbocycles. The summed E-state index contributed by atoms with van der Waals surface area (Å²) in [7, 11) is -0.395. The molecule has 0 aromatic heterocycles. The maximum Gasteiger partial charge on any atom is 0.488 e. The molecule has 0 aromatic carbocycles. The van der Waals surface area contributed by atoms with Crippen molar-refractivity contribution in [3.05, 3.63) is 11.5 Å². The van der Waals surface area contributed by atoms with Crippen LogP contribution in [0.1, 0.15) is 94.4 Å². The molecule has 1 aliphatic heterocycles. The highest BCUT2D eigenvalue weighted by Gasteiger charge is 2.53. The van der Waals surface area contributed by atoms with Crippen molar-refractivity contribution >= 4 is 25.7 Å². The fourth-order valence-electron chi connectivity index (χ4n) is 3.53.